The first-order valence-corrected chi connectivity index (χ1v) is 9.71. The summed E-state index contributed by atoms with van der Waals surface area (Å²) in [4.78, 5) is 10.6. The van der Waals surface area contributed by atoms with Crippen LogP contribution >= 0.6 is 0 Å². The Labute approximate surface area is 153 Å². The molecule has 0 atom stereocenters. The maximum absolute atomic E-state index is 13.2. The predicted octanol–water partition coefficient (Wildman–Crippen LogP) is 2.40. The van der Waals surface area contributed by atoms with Gasteiger partial charge in [0.15, 0.2) is 4.90 Å². The molecular formula is C18H23N3O4S. The topological polar surface area (TPSA) is 107 Å². The molecule has 0 saturated heterocycles. The van der Waals surface area contributed by atoms with E-state index in [1.54, 1.807) is 19.1 Å². The molecule has 26 heavy (non-hydrogen) atoms. The van der Waals surface area contributed by atoms with Gasteiger partial charge in [-0.3, -0.25) is 10.1 Å². The van der Waals surface area contributed by atoms with Crippen molar-refractivity contribution in [3.8, 4) is 0 Å². The van der Waals surface area contributed by atoms with Crippen LogP contribution in [0.5, 0.6) is 0 Å². The minimum atomic E-state index is -4.05. The zero-order chi connectivity index (χ0) is 19.3. The van der Waals surface area contributed by atoms with Gasteiger partial charge in [0.25, 0.3) is 5.69 Å². The summed E-state index contributed by atoms with van der Waals surface area (Å²) in [6.07, 6.45) is 0.499. The molecule has 0 unspecified atom stereocenters. The molecule has 0 bridgehead atoms. The molecule has 8 heteroatoms. The van der Waals surface area contributed by atoms with Gasteiger partial charge >= 0.3 is 0 Å². The number of nitro benzene ring substituents is 1. The summed E-state index contributed by atoms with van der Waals surface area (Å²) >= 11 is 0. The van der Waals surface area contributed by atoms with Crippen LogP contribution in [0.4, 0.5) is 5.69 Å². The lowest BCUT2D eigenvalue weighted by Crippen LogP contribution is -2.37. The van der Waals surface area contributed by atoms with Gasteiger partial charge in [0, 0.05) is 25.2 Å². The van der Waals surface area contributed by atoms with E-state index in [0.717, 1.165) is 5.56 Å². The van der Waals surface area contributed by atoms with E-state index >= 15 is 0 Å². The Balaban J connectivity index is 2.45. The van der Waals surface area contributed by atoms with Gasteiger partial charge in [-0.2, -0.15) is 4.31 Å². The molecule has 2 rings (SSSR count). The first kappa shape index (κ1) is 20.0. The van der Waals surface area contributed by atoms with E-state index in [2.05, 4.69) is 0 Å². The largest absolute Gasteiger partial charge is 0.329 e. The molecule has 7 nitrogen and oxygen atoms in total. The highest BCUT2D eigenvalue weighted by Crippen LogP contribution is 2.32. The molecule has 0 heterocycles. The summed E-state index contributed by atoms with van der Waals surface area (Å²) < 4.78 is 27.6. The van der Waals surface area contributed by atoms with E-state index in [0.29, 0.717) is 17.5 Å². The van der Waals surface area contributed by atoms with Gasteiger partial charge in [-0.25, -0.2) is 8.42 Å². The lowest BCUT2D eigenvalue weighted by atomic mass is 10.1. The highest BCUT2D eigenvalue weighted by molar-refractivity contribution is 7.89. The summed E-state index contributed by atoms with van der Waals surface area (Å²) in [5.74, 6) is 0. The van der Waals surface area contributed by atoms with Crippen molar-refractivity contribution in [1.29, 1.82) is 0 Å². The van der Waals surface area contributed by atoms with Crippen LogP contribution in [0.3, 0.4) is 0 Å². The molecule has 0 aromatic heterocycles. The van der Waals surface area contributed by atoms with Crippen molar-refractivity contribution >= 4 is 15.7 Å². The van der Waals surface area contributed by atoms with Gasteiger partial charge in [-0.15, -0.1) is 0 Å². The van der Waals surface area contributed by atoms with Crippen LogP contribution in [0.25, 0.3) is 0 Å². The normalized spacial score (nSPS) is 11.7. The fourth-order valence-corrected chi connectivity index (χ4v) is 4.74. The molecule has 2 aromatic carbocycles. The van der Waals surface area contributed by atoms with Crippen LogP contribution in [0.1, 0.15) is 16.7 Å². The molecule has 2 N–H and O–H groups in total. The van der Waals surface area contributed by atoms with E-state index in [1.165, 1.54) is 11.2 Å². The zero-order valence-electron chi connectivity index (χ0n) is 14.9. The van der Waals surface area contributed by atoms with Gasteiger partial charge in [-0.1, -0.05) is 42.5 Å². The third kappa shape index (κ3) is 4.27. The first-order chi connectivity index (χ1) is 12.3. The fraction of sp³-hybridized carbons (Fsp3) is 0.333. The summed E-state index contributed by atoms with van der Waals surface area (Å²) in [6.45, 7) is 3.53. The highest BCUT2D eigenvalue weighted by atomic mass is 32.2. The third-order valence-corrected chi connectivity index (χ3v) is 6.26. The van der Waals surface area contributed by atoms with Crippen LogP contribution in [0.15, 0.2) is 47.4 Å². The van der Waals surface area contributed by atoms with E-state index in [4.69, 9.17) is 5.73 Å². The van der Waals surface area contributed by atoms with Crippen LogP contribution in [0, 0.1) is 24.0 Å². The van der Waals surface area contributed by atoms with E-state index in [1.807, 2.05) is 30.3 Å². The molecule has 0 aliphatic carbocycles. The second-order valence-electron chi connectivity index (χ2n) is 6.06. The van der Waals surface area contributed by atoms with Gasteiger partial charge in [0.05, 0.1) is 4.92 Å². The molecule has 0 aliphatic heterocycles. The number of nitrogens with two attached hydrogens (primary N) is 1. The van der Waals surface area contributed by atoms with Crippen LogP contribution in [-0.2, 0) is 16.4 Å². The summed E-state index contributed by atoms with van der Waals surface area (Å²) in [7, 11) is -4.05. The van der Waals surface area contributed by atoms with Gasteiger partial charge in [-0.05, 0) is 31.4 Å². The molecular weight excluding hydrogens is 354 g/mol. The molecule has 0 radical (unpaired) electrons. The van der Waals surface area contributed by atoms with Gasteiger partial charge < -0.3 is 5.73 Å². The quantitative estimate of drug-likeness (QED) is 0.561. The van der Waals surface area contributed by atoms with E-state index < -0.39 is 14.9 Å². The maximum Gasteiger partial charge on any atom is 0.292 e. The SMILES string of the molecule is Cc1ccc(C)c(S(=O)(=O)N(CCN)CCc2ccccc2)c1[N+](=O)[O-]. The van der Waals surface area contributed by atoms with Gasteiger partial charge in [0.2, 0.25) is 10.0 Å². The van der Waals surface area contributed by atoms with E-state index in [9.17, 15) is 18.5 Å². The third-order valence-electron chi connectivity index (χ3n) is 4.18. The average molecular weight is 377 g/mol. The monoisotopic (exact) mass is 377 g/mol. The predicted molar refractivity (Wildman–Crippen MR) is 101 cm³/mol. The molecule has 2 aromatic rings. The summed E-state index contributed by atoms with van der Waals surface area (Å²) in [6, 6.07) is 12.6. The number of benzene rings is 2. The molecule has 0 amide bonds. The Morgan fingerprint density at radius 1 is 1.04 bits per heavy atom. The number of aryl methyl sites for hydroxylation is 2. The Kier molecular flexibility index (Phi) is 6.47. The molecule has 0 spiro atoms. The lowest BCUT2D eigenvalue weighted by Gasteiger charge is -2.23. The molecule has 0 fully saturated rings. The van der Waals surface area contributed by atoms with Gasteiger partial charge in [0.1, 0.15) is 0 Å². The summed E-state index contributed by atoms with van der Waals surface area (Å²) in [5, 5.41) is 11.5. The number of nitrogens with zero attached hydrogens (tertiary/aromatic N) is 2. The number of hydrogen-bond donors (Lipinski definition) is 1. The first-order valence-electron chi connectivity index (χ1n) is 8.27. The maximum atomic E-state index is 13.2. The van der Waals surface area contributed by atoms with E-state index in [-0.39, 0.29) is 30.2 Å². The summed E-state index contributed by atoms with van der Waals surface area (Å²) in [5.41, 5.74) is 6.88. The average Bonchev–Trinajstić information content (AvgIpc) is 2.60. The number of sulfonamides is 1. The van der Waals surface area contributed by atoms with Crippen LogP contribution in [-0.4, -0.2) is 37.3 Å². The molecule has 0 saturated carbocycles. The van der Waals surface area contributed by atoms with Crippen molar-refractivity contribution in [2.24, 2.45) is 5.73 Å². The Morgan fingerprint density at radius 3 is 2.23 bits per heavy atom. The Morgan fingerprint density at radius 2 is 1.65 bits per heavy atom. The second-order valence-corrected chi connectivity index (χ2v) is 7.94. The standard InChI is InChI=1S/C18H23N3O4S/c1-14-8-9-15(2)18(17(14)21(22)23)26(24,25)20(13-11-19)12-10-16-6-4-3-5-7-16/h3-9H,10-13,19H2,1-2H3. The van der Waals surface area contributed by atoms with Crippen molar-refractivity contribution in [2.45, 2.75) is 25.2 Å². The van der Waals surface area contributed by atoms with Crippen molar-refractivity contribution in [3.63, 3.8) is 0 Å². The smallest absolute Gasteiger partial charge is 0.292 e. The zero-order valence-corrected chi connectivity index (χ0v) is 15.7. The number of rotatable bonds is 8. The Bertz CT molecular complexity index is 883. The van der Waals surface area contributed by atoms with Crippen molar-refractivity contribution in [3.05, 3.63) is 69.3 Å². The molecule has 140 valence electrons. The highest BCUT2D eigenvalue weighted by Gasteiger charge is 2.34. The lowest BCUT2D eigenvalue weighted by molar-refractivity contribution is -0.388. The fourth-order valence-electron chi connectivity index (χ4n) is 2.85. The Hall–Kier alpha value is -2.29. The van der Waals surface area contributed by atoms with Crippen LogP contribution < -0.4 is 5.73 Å². The minimum Gasteiger partial charge on any atom is -0.329 e. The minimum absolute atomic E-state index is 0.0969. The number of nitro groups is 1. The second kappa shape index (κ2) is 8.39. The van der Waals surface area contributed by atoms with Crippen molar-refractivity contribution < 1.29 is 13.3 Å². The molecule has 0 aliphatic rings. The van der Waals surface area contributed by atoms with Crippen LogP contribution in [0.2, 0.25) is 0 Å². The van der Waals surface area contributed by atoms with Crippen molar-refractivity contribution in [2.75, 3.05) is 19.6 Å². The number of hydrogen-bond acceptors (Lipinski definition) is 5. The van der Waals surface area contributed by atoms with Crippen molar-refractivity contribution in [1.82, 2.24) is 4.31 Å².